The fourth-order valence-corrected chi connectivity index (χ4v) is 4.94. The molecule has 1 aliphatic heterocycles. The van der Waals surface area contributed by atoms with E-state index in [9.17, 15) is 4.79 Å². The van der Waals surface area contributed by atoms with E-state index < -0.39 is 5.54 Å². The van der Waals surface area contributed by atoms with Gasteiger partial charge in [0.05, 0.1) is 12.7 Å². The lowest BCUT2D eigenvalue weighted by atomic mass is 9.98. The molecule has 0 spiro atoms. The molecule has 4 atom stereocenters. The van der Waals surface area contributed by atoms with Crippen LogP contribution in [0.4, 0.5) is 0 Å². The highest BCUT2D eigenvalue weighted by molar-refractivity contribution is 8.00. The van der Waals surface area contributed by atoms with Crippen LogP contribution in [0, 0.1) is 0 Å². The van der Waals surface area contributed by atoms with Gasteiger partial charge in [-0.05, 0) is 46.1 Å². The van der Waals surface area contributed by atoms with Gasteiger partial charge in [0, 0.05) is 17.1 Å². The molecule has 4 nitrogen and oxygen atoms in total. The van der Waals surface area contributed by atoms with E-state index >= 15 is 0 Å². The van der Waals surface area contributed by atoms with E-state index in [0.717, 1.165) is 38.8 Å². The van der Waals surface area contributed by atoms with Gasteiger partial charge in [-0.1, -0.05) is 6.92 Å². The minimum absolute atomic E-state index is 0.0688. The molecule has 4 unspecified atom stereocenters. The first-order chi connectivity index (χ1) is 9.61. The van der Waals surface area contributed by atoms with Crippen molar-refractivity contribution in [1.82, 2.24) is 5.32 Å². The van der Waals surface area contributed by atoms with Crippen molar-refractivity contribution in [3.05, 3.63) is 0 Å². The molecule has 20 heavy (non-hydrogen) atoms. The largest absolute Gasteiger partial charge is 0.465 e. The Kier molecular flexibility index (Phi) is 5.75. The summed E-state index contributed by atoms with van der Waals surface area (Å²) in [5.74, 6) is -0.0688. The Morgan fingerprint density at radius 1 is 1.45 bits per heavy atom. The second kappa shape index (κ2) is 7.14. The van der Waals surface area contributed by atoms with Crippen LogP contribution in [0.15, 0.2) is 0 Å². The summed E-state index contributed by atoms with van der Waals surface area (Å²) in [7, 11) is 0. The molecule has 0 aromatic rings. The zero-order valence-corrected chi connectivity index (χ0v) is 13.6. The van der Waals surface area contributed by atoms with Crippen molar-refractivity contribution in [2.75, 3.05) is 19.8 Å². The van der Waals surface area contributed by atoms with Crippen LogP contribution in [0.1, 0.15) is 46.5 Å². The number of nitrogens with one attached hydrogen (secondary N) is 1. The molecular weight excluding hydrogens is 274 g/mol. The minimum Gasteiger partial charge on any atom is -0.465 e. The number of carbonyl (C=O) groups excluding carboxylic acids is 1. The van der Waals surface area contributed by atoms with E-state index in [1.807, 2.05) is 25.6 Å². The van der Waals surface area contributed by atoms with Gasteiger partial charge in [-0.15, -0.1) is 0 Å². The molecule has 1 aliphatic carbocycles. The summed E-state index contributed by atoms with van der Waals surface area (Å²) in [6.07, 6.45) is 4.33. The third-order valence-corrected chi connectivity index (χ3v) is 6.08. The van der Waals surface area contributed by atoms with Crippen molar-refractivity contribution >= 4 is 17.7 Å². The summed E-state index contributed by atoms with van der Waals surface area (Å²) in [6.45, 7) is 8.21. The quantitative estimate of drug-likeness (QED) is 0.763. The molecule has 5 heteroatoms. The van der Waals surface area contributed by atoms with Crippen molar-refractivity contribution in [3.8, 4) is 0 Å². The lowest BCUT2D eigenvalue weighted by molar-refractivity contribution is -0.151. The maximum Gasteiger partial charge on any atom is 0.326 e. The molecule has 0 aromatic heterocycles. The van der Waals surface area contributed by atoms with E-state index in [-0.39, 0.29) is 5.97 Å². The molecule has 1 saturated carbocycles. The summed E-state index contributed by atoms with van der Waals surface area (Å²) in [4.78, 5) is 12.3. The maximum atomic E-state index is 12.3. The summed E-state index contributed by atoms with van der Waals surface area (Å²) < 4.78 is 10.9. The van der Waals surface area contributed by atoms with E-state index in [1.165, 1.54) is 0 Å². The molecule has 0 aromatic carbocycles. The third-order valence-electron chi connectivity index (χ3n) is 4.32. The third kappa shape index (κ3) is 3.49. The van der Waals surface area contributed by atoms with Gasteiger partial charge in [0.25, 0.3) is 0 Å². The Bertz CT molecular complexity index is 339. The Balaban J connectivity index is 1.94. The van der Waals surface area contributed by atoms with Crippen molar-refractivity contribution in [2.45, 2.75) is 68.6 Å². The van der Waals surface area contributed by atoms with E-state index in [4.69, 9.17) is 9.47 Å². The lowest BCUT2D eigenvalue weighted by Gasteiger charge is -2.28. The molecule has 0 radical (unpaired) electrons. The molecule has 1 N–H and O–H groups in total. The van der Waals surface area contributed by atoms with Crippen LogP contribution < -0.4 is 5.32 Å². The zero-order valence-electron chi connectivity index (χ0n) is 12.8. The van der Waals surface area contributed by atoms with Crippen LogP contribution in [0.3, 0.4) is 0 Å². The Hall–Kier alpha value is -0.260. The van der Waals surface area contributed by atoms with Gasteiger partial charge in [-0.2, -0.15) is 11.8 Å². The molecule has 1 saturated heterocycles. The molecule has 2 aliphatic rings. The monoisotopic (exact) mass is 301 g/mol. The molecule has 2 fully saturated rings. The van der Waals surface area contributed by atoms with Crippen LogP contribution >= 0.6 is 11.8 Å². The fraction of sp³-hybridized carbons (Fsp3) is 0.933. The number of thioether (sulfide) groups is 1. The maximum absolute atomic E-state index is 12.3. The lowest BCUT2D eigenvalue weighted by Crippen LogP contribution is -2.51. The molecule has 0 amide bonds. The van der Waals surface area contributed by atoms with E-state index in [2.05, 4.69) is 12.2 Å². The molecule has 2 rings (SSSR count). The Morgan fingerprint density at radius 3 is 2.85 bits per heavy atom. The minimum atomic E-state index is -0.453. The summed E-state index contributed by atoms with van der Waals surface area (Å²) in [5.41, 5.74) is -0.453. The predicted molar refractivity (Wildman–Crippen MR) is 82.1 cm³/mol. The average Bonchev–Trinajstić information content (AvgIpc) is 3.00. The van der Waals surface area contributed by atoms with Gasteiger partial charge in [-0.25, -0.2) is 0 Å². The first-order valence-corrected chi connectivity index (χ1v) is 8.75. The highest BCUT2D eigenvalue weighted by Gasteiger charge is 2.47. The number of ether oxygens (including phenoxy) is 2. The highest BCUT2D eigenvalue weighted by Crippen LogP contribution is 2.42. The number of hydrogen-bond acceptors (Lipinski definition) is 5. The van der Waals surface area contributed by atoms with Gasteiger partial charge in [0.15, 0.2) is 0 Å². The van der Waals surface area contributed by atoms with Crippen LogP contribution in [0.25, 0.3) is 0 Å². The van der Waals surface area contributed by atoms with Crippen molar-refractivity contribution in [3.63, 3.8) is 0 Å². The first-order valence-electron chi connectivity index (χ1n) is 7.80. The van der Waals surface area contributed by atoms with Crippen LogP contribution in [0.2, 0.25) is 0 Å². The van der Waals surface area contributed by atoms with Crippen LogP contribution in [0.5, 0.6) is 0 Å². The second-order valence-corrected chi connectivity index (χ2v) is 7.28. The molecule has 0 bridgehead atoms. The Morgan fingerprint density at radius 2 is 2.25 bits per heavy atom. The summed E-state index contributed by atoms with van der Waals surface area (Å²) in [6, 6.07) is 0. The van der Waals surface area contributed by atoms with Crippen LogP contribution in [-0.4, -0.2) is 47.9 Å². The van der Waals surface area contributed by atoms with Gasteiger partial charge < -0.3 is 14.8 Å². The normalized spacial score (nSPS) is 37.2. The topological polar surface area (TPSA) is 47.6 Å². The van der Waals surface area contributed by atoms with E-state index in [0.29, 0.717) is 23.2 Å². The molecular formula is C15H27NO3S. The van der Waals surface area contributed by atoms with Gasteiger partial charge in [0.1, 0.15) is 5.54 Å². The first kappa shape index (κ1) is 16.1. The SMILES string of the molecule is CCNC1(C(=O)OCC)CCC(SC2CCOC2C)C1. The van der Waals surface area contributed by atoms with Gasteiger partial charge in [-0.3, -0.25) is 4.79 Å². The van der Waals surface area contributed by atoms with Crippen molar-refractivity contribution in [2.24, 2.45) is 0 Å². The number of likely N-dealkylation sites (N-methyl/N-ethyl adjacent to an activating group) is 1. The molecule has 1 heterocycles. The smallest absolute Gasteiger partial charge is 0.326 e. The highest BCUT2D eigenvalue weighted by atomic mass is 32.2. The predicted octanol–water partition coefficient (Wildman–Crippen LogP) is 2.36. The fourth-order valence-electron chi connectivity index (χ4n) is 3.28. The zero-order chi connectivity index (χ0) is 14.6. The number of carbonyl (C=O) groups is 1. The Labute approximate surface area is 126 Å². The van der Waals surface area contributed by atoms with Gasteiger partial charge in [0.2, 0.25) is 0 Å². The summed E-state index contributed by atoms with van der Waals surface area (Å²) in [5, 5.41) is 4.51. The number of hydrogen-bond donors (Lipinski definition) is 1. The van der Waals surface area contributed by atoms with Gasteiger partial charge >= 0.3 is 5.97 Å². The molecule has 116 valence electrons. The summed E-state index contributed by atoms with van der Waals surface area (Å²) >= 11 is 2.01. The van der Waals surface area contributed by atoms with Crippen molar-refractivity contribution in [1.29, 1.82) is 0 Å². The number of rotatable bonds is 6. The number of esters is 1. The van der Waals surface area contributed by atoms with Crippen molar-refractivity contribution < 1.29 is 14.3 Å². The second-order valence-electron chi connectivity index (χ2n) is 5.74. The standard InChI is InChI=1S/C15H27NO3S/c1-4-16-15(14(17)18-5-2)8-6-12(10-15)20-13-7-9-19-11(13)3/h11-13,16H,4-10H2,1-3H3. The average molecular weight is 301 g/mol. The van der Waals surface area contributed by atoms with Crippen LogP contribution in [-0.2, 0) is 14.3 Å². The van der Waals surface area contributed by atoms with E-state index in [1.54, 1.807) is 0 Å².